The lowest BCUT2D eigenvalue weighted by atomic mass is 9.80. The van der Waals surface area contributed by atoms with Crippen LogP contribution in [-0.4, -0.2) is 36.5 Å². The Morgan fingerprint density at radius 3 is 2.65 bits per heavy atom. The Bertz CT molecular complexity index is 328. The van der Waals surface area contributed by atoms with Gasteiger partial charge in [-0.25, -0.2) is 0 Å². The topological polar surface area (TPSA) is 58.9 Å². The smallest absolute Gasteiger partial charge is 0.423 e. The molecule has 4 nitrogen and oxygen atoms in total. The minimum Gasteiger partial charge on any atom is -0.423 e. The molecule has 94 valence electrons. The average molecular weight is 238 g/mol. The van der Waals surface area contributed by atoms with E-state index in [1.165, 1.54) is 0 Å². The van der Waals surface area contributed by atoms with Crippen molar-refractivity contribution in [2.75, 3.05) is 13.2 Å². The van der Waals surface area contributed by atoms with E-state index in [1.54, 1.807) is 18.2 Å². The summed E-state index contributed by atoms with van der Waals surface area (Å²) in [7, 11) is -1.43. The van der Waals surface area contributed by atoms with Crippen LogP contribution in [0, 0.1) is 0 Å². The zero-order valence-corrected chi connectivity index (χ0v) is 10.3. The highest BCUT2D eigenvalue weighted by Gasteiger charge is 2.10. The molecular formula is C12H19BO4. The van der Waals surface area contributed by atoms with Crippen LogP contribution in [0.25, 0.3) is 0 Å². The van der Waals surface area contributed by atoms with E-state index in [4.69, 9.17) is 19.5 Å². The first kappa shape index (κ1) is 14.2. The summed E-state index contributed by atoms with van der Waals surface area (Å²) in [6.45, 7) is 5.50. The van der Waals surface area contributed by atoms with Gasteiger partial charge in [0.15, 0.2) is 0 Å². The van der Waals surface area contributed by atoms with Crippen molar-refractivity contribution in [1.82, 2.24) is 0 Å². The third-order valence-electron chi connectivity index (χ3n) is 2.20. The fourth-order valence-corrected chi connectivity index (χ4v) is 1.38. The van der Waals surface area contributed by atoms with Crippen LogP contribution in [0.1, 0.15) is 19.4 Å². The van der Waals surface area contributed by atoms with Crippen molar-refractivity contribution in [2.24, 2.45) is 0 Å². The summed E-state index contributed by atoms with van der Waals surface area (Å²) in [5, 5.41) is 18.0. The van der Waals surface area contributed by atoms with E-state index in [9.17, 15) is 0 Å². The number of rotatable bonds is 7. The molecule has 1 aromatic carbocycles. The number of benzene rings is 1. The van der Waals surface area contributed by atoms with Crippen LogP contribution >= 0.6 is 0 Å². The van der Waals surface area contributed by atoms with Gasteiger partial charge in [-0.3, -0.25) is 0 Å². The Balaban J connectivity index is 2.29. The van der Waals surface area contributed by atoms with Gasteiger partial charge < -0.3 is 19.5 Å². The summed E-state index contributed by atoms with van der Waals surface area (Å²) < 4.78 is 10.8. The first-order valence-electron chi connectivity index (χ1n) is 5.74. The molecule has 0 aliphatic rings. The van der Waals surface area contributed by atoms with Crippen LogP contribution in [0.3, 0.4) is 0 Å². The molecule has 0 bridgehead atoms. The van der Waals surface area contributed by atoms with Crippen LogP contribution in [0.4, 0.5) is 0 Å². The predicted molar refractivity (Wildman–Crippen MR) is 67.0 cm³/mol. The van der Waals surface area contributed by atoms with E-state index < -0.39 is 7.12 Å². The fraction of sp³-hybridized carbons (Fsp3) is 0.500. The SMILES string of the molecule is CC(C)OCCOCc1cccc(B(O)O)c1. The first-order chi connectivity index (χ1) is 8.09. The summed E-state index contributed by atoms with van der Waals surface area (Å²) >= 11 is 0. The van der Waals surface area contributed by atoms with Crippen LogP contribution < -0.4 is 5.46 Å². The molecule has 5 heteroatoms. The van der Waals surface area contributed by atoms with Gasteiger partial charge in [0, 0.05) is 0 Å². The maximum absolute atomic E-state index is 9.01. The lowest BCUT2D eigenvalue weighted by molar-refractivity contribution is 0.0143. The average Bonchev–Trinajstić information content (AvgIpc) is 2.28. The van der Waals surface area contributed by atoms with E-state index in [2.05, 4.69) is 0 Å². The zero-order chi connectivity index (χ0) is 12.7. The molecule has 0 aromatic heterocycles. The van der Waals surface area contributed by atoms with Gasteiger partial charge in [-0.05, 0) is 24.9 Å². The van der Waals surface area contributed by atoms with Crippen molar-refractivity contribution in [2.45, 2.75) is 26.6 Å². The molecule has 0 amide bonds. The number of hydrogen-bond acceptors (Lipinski definition) is 4. The van der Waals surface area contributed by atoms with Gasteiger partial charge in [0.2, 0.25) is 0 Å². The van der Waals surface area contributed by atoms with Gasteiger partial charge in [0.05, 0.1) is 25.9 Å². The molecular weight excluding hydrogens is 219 g/mol. The fourth-order valence-electron chi connectivity index (χ4n) is 1.38. The van der Waals surface area contributed by atoms with Crippen molar-refractivity contribution in [1.29, 1.82) is 0 Å². The van der Waals surface area contributed by atoms with Crippen LogP contribution in [-0.2, 0) is 16.1 Å². The molecule has 0 saturated heterocycles. The van der Waals surface area contributed by atoms with Crippen LogP contribution in [0.15, 0.2) is 24.3 Å². The second-order valence-electron chi connectivity index (χ2n) is 4.09. The molecule has 1 rings (SSSR count). The third kappa shape index (κ3) is 5.84. The van der Waals surface area contributed by atoms with Crippen molar-refractivity contribution >= 4 is 12.6 Å². The highest BCUT2D eigenvalue weighted by atomic mass is 16.5. The van der Waals surface area contributed by atoms with Crippen molar-refractivity contribution in [3.8, 4) is 0 Å². The van der Waals surface area contributed by atoms with Gasteiger partial charge in [0.25, 0.3) is 0 Å². The highest BCUT2D eigenvalue weighted by Crippen LogP contribution is 2.00. The standard InChI is InChI=1S/C12H19BO4/c1-10(2)17-7-6-16-9-11-4-3-5-12(8-11)13(14)15/h3-5,8,10,14-15H,6-7,9H2,1-2H3. The molecule has 0 heterocycles. The molecule has 17 heavy (non-hydrogen) atoms. The summed E-state index contributed by atoms with van der Waals surface area (Å²) in [4.78, 5) is 0. The number of ether oxygens (including phenoxy) is 2. The molecule has 0 radical (unpaired) electrons. The normalized spacial score (nSPS) is 10.9. The summed E-state index contributed by atoms with van der Waals surface area (Å²) in [5.74, 6) is 0. The summed E-state index contributed by atoms with van der Waals surface area (Å²) in [6.07, 6.45) is 0.214. The van der Waals surface area contributed by atoms with Gasteiger partial charge in [-0.15, -0.1) is 0 Å². The second-order valence-corrected chi connectivity index (χ2v) is 4.09. The second kappa shape index (κ2) is 7.45. The highest BCUT2D eigenvalue weighted by molar-refractivity contribution is 6.58. The van der Waals surface area contributed by atoms with Crippen molar-refractivity contribution < 1.29 is 19.5 Å². The Morgan fingerprint density at radius 2 is 2.00 bits per heavy atom. The first-order valence-corrected chi connectivity index (χ1v) is 5.74. The third-order valence-corrected chi connectivity index (χ3v) is 2.20. The molecule has 0 aliphatic heterocycles. The lowest BCUT2D eigenvalue weighted by Crippen LogP contribution is -2.29. The van der Waals surface area contributed by atoms with Crippen molar-refractivity contribution in [3.63, 3.8) is 0 Å². The van der Waals surface area contributed by atoms with Crippen molar-refractivity contribution in [3.05, 3.63) is 29.8 Å². The molecule has 0 unspecified atom stereocenters. The monoisotopic (exact) mass is 238 g/mol. The molecule has 0 aliphatic carbocycles. The minimum atomic E-state index is -1.43. The van der Waals surface area contributed by atoms with E-state index in [-0.39, 0.29) is 6.10 Å². The zero-order valence-electron chi connectivity index (χ0n) is 10.3. The van der Waals surface area contributed by atoms with E-state index in [1.807, 2.05) is 19.9 Å². The largest absolute Gasteiger partial charge is 0.488 e. The molecule has 0 spiro atoms. The van der Waals surface area contributed by atoms with E-state index >= 15 is 0 Å². The summed E-state index contributed by atoms with van der Waals surface area (Å²) in [5.41, 5.74) is 1.39. The Morgan fingerprint density at radius 1 is 1.24 bits per heavy atom. The maximum Gasteiger partial charge on any atom is 0.488 e. The van der Waals surface area contributed by atoms with Crippen LogP contribution in [0.2, 0.25) is 0 Å². The molecule has 0 saturated carbocycles. The van der Waals surface area contributed by atoms with Gasteiger partial charge in [-0.1, -0.05) is 24.3 Å². The number of hydrogen-bond donors (Lipinski definition) is 2. The molecule has 0 atom stereocenters. The molecule has 0 fully saturated rings. The maximum atomic E-state index is 9.01. The Labute approximate surface area is 102 Å². The Kier molecular flexibility index (Phi) is 6.22. The van der Waals surface area contributed by atoms with Gasteiger partial charge >= 0.3 is 7.12 Å². The van der Waals surface area contributed by atoms with E-state index in [0.717, 1.165) is 5.56 Å². The van der Waals surface area contributed by atoms with Gasteiger partial charge in [-0.2, -0.15) is 0 Å². The van der Waals surface area contributed by atoms with Gasteiger partial charge in [0.1, 0.15) is 0 Å². The predicted octanol–water partition coefficient (Wildman–Crippen LogP) is 0.308. The lowest BCUT2D eigenvalue weighted by Gasteiger charge is -2.08. The van der Waals surface area contributed by atoms with E-state index in [0.29, 0.717) is 25.3 Å². The van der Waals surface area contributed by atoms with Crippen LogP contribution in [0.5, 0.6) is 0 Å². The quantitative estimate of drug-likeness (QED) is 0.530. The minimum absolute atomic E-state index is 0.214. The molecule has 1 aromatic rings. The molecule has 2 N–H and O–H groups in total. The Hall–Kier alpha value is -0.875. The summed E-state index contributed by atoms with van der Waals surface area (Å²) in [6, 6.07) is 7.04.